The lowest BCUT2D eigenvalue weighted by molar-refractivity contribution is -0.154. The summed E-state index contributed by atoms with van der Waals surface area (Å²) in [6.45, 7) is 3.87. The second-order valence-corrected chi connectivity index (χ2v) is 16.6. The van der Waals surface area contributed by atoms with Gasteiger partial charge in [-0.3, -0.25) is 18.6 Å². The fourth-order valence-electron chi connectivity index (χ4n) is 6.18. The summed E-state index contributed by atoms with van der Waals surface area (Å²) in [6.07, 6.45) is 43.7. The van der Waals surface area contributed by atoms with Gasteiger partial charge in [0.15, 0.2) is 0 Å². The average molecular weight is 802 g/mol. The Kier molecular flexibility index (Phi) is 39.5. The minimum Gasteiger partial charge on any atom is -0.480 e. The Balaban J connectivity index is 4.22. The highest BCUT2D eigenvalue weighted by molar-refractivity contribution is 7.47. The van der Waals surface area contributed by atoms with Gasteiger partial charge in [0.05, 0.1) is 19.8 Å². The molecule has 4 N–H and O–H groups in total. The molecule has 0 aliphatic rings. The molecule has 0 saturated heterocycles. The van der Waals surface area contributed by atoms with Gasteiger partial charge in [-0.2, -0.15) is 0 Å². The molecule has 10 nitrogen and oxygen atoms in total. The number of carboxylic acid groups (broad SMARTS) is 1. The fourth-order valence-corrected chi connectivity index (χ4v) is 6.96. The Morgan fingerprint density at radius 1 is 0.564 bits per heavy atom. The van der Waals surface area contributed by atoms with Crippen LogP contribution in [0.1, 0.15) is 206 Å². The van der Waals surface area contributed by atoms with Crippen molar-refractivity contribution in [2.45, 2.75) is 219 Å². The number of rotatable bonds is 43. The van der Waals surface area contributed by atoms with Crippen molar-refractivity contribution in [2.75, 3.05) is 26.4 Å². The van der Waals surface area contributed by atoms with Crippen LogP contribution in [0.3, 0.4) is 0 Å². The Bertz CT molecular complexity index is 977. The number of nitrogens with two attached hydrogens (primary N) is 1. The number of carbonyl (C=O) groups is 2. The summed E-state index contributed by atoms with van der Waals surface area (Å²) < 4.78 is 33.4. The Morgan fingerprint density at radius 2 is 0.945 bits per heavy atom. The maximum atomic E-state index is 12.6. The molecule has 0 aromatic rings. The molecule has 0 amide bonds. The SMILES string of the molecule is CCCCCCC/C=C\CCCCCCCCOCC(COP(=O)(O)OCC(N)C(=O)O)OC(=O)CCCCCCCCC/C=C\CCCCCCCCC. The van der Waals surface area contributed by atoms with Gasteiger partial charge in [-0.1, -0.05) is 160 Å². The predicted molar refractivity (Wildman–Crippen MR) is 226 cm³/mol. The molecule has 0 aliphatic heterocycles. The van der Waals surface area contributed by atoms with E-state index in [4.69, 9.17) is 29.4 Å². The molecule has 0 spiro atoms. The minimum atomic E-state index is -4.62. The number of ether oxygens (including phenoxy) is 2. The minimum absolute atomic E-state index is 0.0135. The van der Waals surface area contributed by atoms with E-state index >= 15 is 0 Å². The summed E-state index contributed by atoms with van der Waals surface area (Å²) in [7, 11) is -4.62. The van der Waals surface area contributed by atoms with E-state index in [2.05, 4.69) is 38.2 Å². The summed E-state index contributed by atoms with van der Waals surface area (Å²) in [5, 5.41) is 8.90. The zero-order valence-electron chi connectivity index (χ0n) is 35.3. The van der Waals surface area contributed by atoms with Crippen LogP contribution in [0.4, 0.5) is 0 Å². The first-order valence-electron chi connectivity index (χ1n) is 22.4. The monoisotopic (exact) mass is 802 g/mol. The molecule has 11 heteroatoms. The van der Waals surface area contributed by atoms with Gasteiger partial charge in [0.1, 0.15) is 12.1 Å². The van der Waals surface area contributed by atoms with Gasteiger partial charge in [0.2, 0.25) is 0 Å². The zero-order valence-corrected chi connectivity index (χ0v) is 36.2. The number of hydrogen-bond acceptors (Lipinski definition) is 8. The second-order valence-electron chi connectivity index (χ2n) is 15.2. The molecule has 3 atom stereocenters. The summed E-state index contributed by atoms with van der Waals surface area (Å²) >= 11 is 0. The molecular formula is C44H84NO9P. The molecule has 0 rings (SSSR count). The van der Waals surface area contributed by atoms with E-state index in [0.29, 0.717) is 13.0 Å². The van der Waals surface area contributed by atoms with Gasteiger partial charge in [-0.05, 0) is 64.2 Å². The number of hydrogen-bond donors (Lipinski definition) is 3. The van der Waals surface area contributed by atoms with E-state index in [1.807, 2.05) is 0 Å². The molecule has 0 radical (unpaired) electrons. The van der Waals surface area contributed by atoms with E-state index in [-0.39, 0.29) is 13.0 Å². The largest absolute Gasteiger partial charge is 0.480 e. The van der Waals surface area contributed by atoms with Crippen LogP contribution in [-0.4, -0.2) is 60.5 Å². The Labute approximate surface area is 336 Å². The van der Waals surface area contributed by atoms with Crippen LogP contribution in [0.5, 0.6) is 0 Å². The second kappa shape index (κ2) is 40.6. The van der Waals surface area contributed by atoms with Crippen molar-refractivity contribution in [3.8, 4) is 0 Å². The van der Waals surface area contributed by atoms with Crippen molar-refractivity contribution in [1.29, 1.82) is 0 Å². The number of phosphoric acid groups is 1. The molecule has 0 bridgehead atoms. The average Bonchev–Trinajstić information content (AvgIpc) is 3.16. The maximum Gasteiger partial charge on any atom is 0.472 e. The third-order valence-corrected chi connectivity index (χ3v) is 10.7. The van der Waals surface area contributed by atoms with E-state index < -0.39 is 45.1 Å². The molecule has 55 heavy (non-hydrogen) atoms. The van der Waals surface area contributed by atoms with E-state index in [0.717, 1.165) is 51.4 Å². The standard InChI is InChI=1S/C44H84NO9P/c1-3-5-7-9-11-13-15-17-19-20-21-22-24-26-28-30-32-34-36-43(46)54-41(39-52-55(49,50)53-40-42(45)44(47)48)38-51-37-35-33-31-29-27-25-23-18-16-14-12-10-8-6-4-2/h16,18-20,41-42H,3-15,17,21-40,45H2,1-2H3,(H,47,48)(H,49,50)/b18-16-,20-19-. The van der Waals surface area contributed by atoms with Crippen LogP contribution in [0.2, 0.25) is 0 Å². The molecular weight excluding hydrogens is 717 g/mol. The van der Waals surface area contributed by atoms with Crippen molar-refractivity contribution >= 4 is 19.8 Å². The molecule has 0 saturated carbocycles. The zero-order chi connectivity index (χ0) is 40.5. The van der Waals surface area contributed by atoms with Gasteiger partial charge in [0, 0.05) is 13.0 Å². The number of carbonyl (C=O) groups excluding carboxylic acids is 1. The van der Waals surface area contributed by atoms with E-state index in [9.17, 15) is 19.0 Å². The lowest BCUT2D eigenvalue weighted by Gasteiger charge is -2.20. The summed E-state index contributed by atoms with van der Waals surface area (Å²) in [5.41, 5.74) is 5.36. The highest BCUT2D eigenvalue weighted by Gasteiger charge is 2.27. The van der Waals surface area contributed by atoms with Gasteiger partial charge in [-0.15, -0.1) is 0 Å². The van der Waals surface area contributed by atoms with Crippen LogP contribution in [-0.2, 0) is 32.7 Å². The summed E-state index contributed by atoms with van der Waals surface area (Å²) in [6, 6.07) is -1.47. The van der Waals surface area contributed by atoms with Crippen LogP contribution in [0.15, 0.2) is 24.3 Å². The van der Waals surface area contributed by atoms with Gasteiger partial charge < -0.3 is 25.2 Å². The molecule has 0 fully saturated rings. The number of phosphoric ester groups is 1. The van der Waals surface area contributed by atoms with E-state index in [1.54, 1.807) is 0 Å². The predicted octanol–water partition coefficient (Wildman–Crippen LogP) is 12.3. The lowest BCUT2D eigenvalue weighted by atomic mass is 10.1. The fraction of sp³-hybridized carbons (Fsp3) is 0.864. The van der Waals surface area contributed by atoms with Crippen molar-refractivity contribution in [2.24, 2.45) is 5.73 Å². The number of aliphatic carboxylic acids is 1. The lowest BCUT2D eigenvalue weighted by Crippen LogP contribution is -2.34. The van der Waals surface area contributed by atoms with Gasteiger partial charge in [-0.25, -0.2) is 4.57 Å². The van der Waals surface area contributed by atoms with Crippen molar-refractivity contribution in [3.05, 3.63) is 24.3 Å². The molecule has 0 heterocycles. The normalized spacial score (nSPS) is 14.1. The maximum absolute atomic E-state index is 12.6. The topological polar surface area (TPSA) is 155 Å². The molecule has 324 valence electrons. The van der Waals surface area contributed by atoms with Crippen LogP contribution in [0.25, 0.3) is 0 Å². The molecule has 0 aromatic carbocycles. The number of esters is 1. The van der Waals surface area contributed by atoms with Crippen molar-refractivity contribution in [3.63, 3.8) is 0 Å². The molecule has 0 aliphatic carbocycles. The van der Waals surface area contributed by atoms with E-state index in [1.165, 1.54) is 128 Å². The summed E-state index contributed by atoms with van der Waals surface area (Å²) in [5.74, 6) is -1.78. The van der Waals surface area contributed by atoms with Crippen LogP contribution >= 0.6 is 7.82 Å². The number of allylic oxidation sites excluding steroid dienone is 4. The first-order valence-corrected chi connectivity index (χ1v) is 23.9. The van der Waals surface area contributed by atoms with Gasteiger partial charge in [0.25, 0.3) is 0 Å². The van der Waals surface area contributed by atoms with Crippen molar-refractivity contribution < 1.29 is 42.7 Å². The highest BCUT2D eigenvalue weighted by Crippen LogP contribution is 2.43. The highest BCUT2D eigenvalue weighted by atomic mass is 31.2. The molecule has 0 aromatic heterocycles. The summed E-state index contributed by atoms with van der Waals surface area (Å²) in [4.78, 5) is 33.5. The van der Waals surface area contributed by atoms with Crippen LogP contribution in [0, 0.1) is 0 Å². The Morgan fingerprint density at radius 3 is 1.38 bits per heavy atom. The first kappa shape index (κ1) is 53.5. The number of unbranched alkanes of at least 4 members (excludes halogenated alkanes) is 25. The van der Waals surface area contributed by atoms with Crippen molar-refractivity contribution in [1.82, 2.24) is 0 Å². The third-order valence-electron chi connectivity index (χ3n) is 9.70. The molecule has 3 unspecified atom stereocenters. The Hall–Kier alpha value is -1.55. The smallest absolute Gasteiger partial charge is 0.472 e. The number of carboxylic acids is 1. The third kappa shape index (κ3) is 40.4. The van der Waals surface area contributed by atoms with Gasteiger partial charge >= 0.3 is 19.8 Å². The quantitative estimate of drug-likeness (QED) is 0.0235. The van der Waals surface area contributed by atoms with Crippen LogP contribution < -0.4 is 5.73 Å². The first-order chi connectivity index (χ1) is 26.7.